The van der Waals surface area contributed by atoms with Gasteiger partial charge in [-0.15, -0.1) is 11.3 Å². The highest BCUT2D eigenvalue weighted by molar-refractivity contribution is 8.00. The Balaban J connectivity index is 1.75. The van der Waals surface area contributed by atoms with E-state index in [1.54, 1.807) is 11.3 Å². The average molecular weight is 271 g/mol. The van der Waals surface area contributed by atoms with Crippen LogP contribution in [0.3, 0.4) is 0 Å². The summed E-state index contributed by atoms with van der Waals surface area (Å²) in [5, 5.41) is 12.2. The van der Waals surface area contributed by atoms with Crippen molar-refractivity contribution < 1.29 is 9.90 Å². The third-order valence-corrected chi connectivity index (χ3v) is 5.53. The largest absolute Gasteiger partial charge is 0.481 e. The lowest BCUT2D eigenvalue weighted by atomic mass is 10.3. The predicted octanol–water partition coefficient (Wildman–Crippen LogP) is 2.36. The van der Waals surface area contributed by atoms with Crippen molar-refractivity contribution in [3.05, 3.63) is 21.9 Å². The van der Waals surface area contributed by atoms with Crippen LogP contribution in [0.5, 0.6) is 0 Å². The van der Waals surface area contributed by atoms with E-state index in [4.69, 9.17) is 5.11 Å². The van der Waals surface area contributed by atoms with Gasteiger partial charge >= 0.3 is 5.97 Å². The van der Waals surface area contributed by atoms with Gasteiger partial charge in [-0.25, -0.2) is 0 Å². The molecule has 2 rings (SSSR count). The average Bonchev–Trinajstić information content (AvgIpc) is 2.93. The Kier molecular flexibility index (Phi) is 4.12. The minimum Gasteiger partial charge on any atom is -0.481 e. The number of hydrogen-bond acceptors (Lipinski definition) is 4. The summed E-state index contributed by atoms with van der Waals surface area (Å²) in [4.78, 5) is 12.7. The van der Waals surface area contributed by atoms with Crippen LogP contribution in [0.15, 0.2) is 12.1 Å². The second-order valence-electron chi connectivity index (χ2n) is 4.43. The first kappa shape index (κ1) is 12.9. The van der Waals surface area contributed by atoms with Gasteiger partial charge < -0.3 is 10.4 Å². The zero-order valence-electron chi connectivity index (χ0n) is 9.86. The molecule has 0 saturated heterocycles. The van der Waals surface area contributed by atoms with E-state index >= 15 is 0 Å². The lowest BCUT2D eigenvalue weighted by Crippen LogP contribution is -2.25. The van der Waals surface area contributed by atoms with Gasteiger partial charge in [0.05, 0.1) is 6.42 Å². The van der Waals surface area contributed by atoms with E-state index in [9.17, 15) is 4.79 Å². The minimum atomic E-state index is -0.759. The smallest absolute Gasteiger partial charge is 0.308 e. The van der Waals surface area contributed by atoms with Gasteiger partial charge in [0.2, 0.25) is 0 Å². The van der Waals surface area contributed by atoms with Crippen molar-refractivity contribution in [2.24, 2.45) is 0 Å². The van der Waals surface area contributed by atoms with Crippen LogP contribution in [-0.4, -0.2) is 28.6 Å². The van der Waals surface area contributed by atoms with E-state index in [1.165, 1.54) is 17.7 Å². The second-order valence-corrected chi connectivity index (χ2v) is 6.96. The topological polar surface area (TPSA) is 49.3 Å². The monoisotopic (exact) mass is 271 g/mol. The van der Waals surface area contributed by atoms with Gasteiger partial charge in [0.25, 0.3) is 0 Å². The molecule has 0 amide bonds. The quantitative estimate of drug-likeness (QED) is 0.799. The molecule has 0 unspecified atom stereocenters. The number of carboxylic acid groups (broad SMARTS) is 1. The van der Waals surface area contributed by atoms with Crippen molar-refractivity contribution >= 4 is 29.1 Å². The highest BCUT2D eigenvalue weighted by Gasteiger charge is 2.41. The fourth-order valence-corrected chi connectivity index (χ4v) is 3.50. The van der Waals surface area contributed by atoms with Crippen LogP contribution >= 0.6 is 23.1 Å². The Bertz CT molecular complexity index is 399. The lowest BCUT2D eigenvalue weighted by molar-refractivity contribution is -0.136. The fraction of sp³-hybridized carbons (Fsp3) is 0.583. The number of rotatable bonds is 7. The predicted molar refractivity (Wildman–Crippen MR) is 72.8 cm³/mol. The Hall–Kier alpha value is -0.520. The van der Waals surface area contributed by atoms with Crippen LogP contribution in [0, 0.1) is 0 Å². The molecule has 0 bridgehead atoms. The molecule has 2 N–H and O–H groups in total. The standard InChI is InChI=1S/C12H17NO2S2/c1-16-12(4-5-12)8-13-7-10-3-2-9(17-10)6-11(14)15/h2-3,13H,4-8H2,1H3,(H,14,15). The van der Waals surface area contributed by atoms with Gasteiger partial charge in [-0.1, -0.05) is 0 Å². The summed E-state index contributed by atoms with van der Waals surface area (Å²) >= 11 is 3.54. The second kappa shape index (κ2) is 5.42. The Morgan fingerprint density at radius 1 is 1.53 bits per heavy atom. The Morgan fingerprint density at radius 3 is 2.82 bits per heavy atom. The van der Waals surface area contributed by atoms with Crippen LogP contribution in [0.25, 0.3) is 0 Å². The molecule has 17 heavy (non-hydrogen) atoms. The maximum absolute atomic E-state index is 10.6. The summed E-state index contributed by atoms with van der Waals surface area (Å²) in [6.07, 6.45) is 4.94. The van der Waals surface area contributed by atoms with Crippen molar-refractivity contribution in [3.8, 4) is 0 Å². The summed E-state index contributed by atoms with van der Waals surface area (Å²) in [5.74, 6) is -0.759. The van der Waals surface area contributed by atoms with Gasteiger partial charge in [-0.05, 0) is 31.2 Å². The molecule has 1 aliphatic rings. The molecule has 0 aromatic carbocycles. The molecule has 5 heteroatoms. The van der Waals surface area contributed by atoms with Gasteiger partial charge in [0.15, 0.2) is 0 Å². The highest BCUT2D eigenvalue weighted by atomic mass is 32.2. The zero-order chi connectivity index (χ0) is 12.3. The van der Waals surface area contributed by atoms with Crippen LogP contribution in [0.2, 0.25) is 0 Å². The summed E-state index contributed by atoms with van der Waals surface area (Å²) in [7, 11) is 0. The molecular formula is C12H17NO2S2. The summed E-state index contributed by atoms with van der Waals surface area (Å²) in [5.41, 5.74) is 0. The number of thiophene rings is 1. The van der Waals surface area contributed by atoms with Crippen molar-refractivity contribution in [1.82, 2.24) is 5.32 Å². The van der Waals surface area contributed by atoms with Crippen LogP contribution in [0.4, 0.5) is 0 Å². The minimum absolute atomic E-state index is 0.138. The summed E-state index contributed by atoms with van der Waals surface area (Å²) in [6.45, 7) is 1.91. The summed E-state index contributed by atoms with van der Waals surface area (Å²) in [6, 6.07) is 3.94. The number of hydrogen-bond donors (Lipinski definition) is 2. The van der Waals surface area contributed by atoms with E-state index in [1.807, 2.05) is 23.9 Å². The van der Waals surface area contributed by atoms with Crippen molar-refractivity contribution in [1.29, 1.82) is 0 Å². The molecular weight excluding hydrogens is 254 g/mol. The zero-order valence-corrected chi connectivity index (χ0v) is 11.5. The van der Waals surface area contributed by atoms with E-state index in [0.29, 0.717) is 4.75 Å². The molecule has 1 aromatic heterocycles. The van der Waals surface area contributed by atoms with Crippen LogP contribution in [-0.2, 0) is 17.8 Å². The van der Waals surface area contributed by atoms with Gasteiger partial charge in [0, 0.05) is 27.6 Å². The van der Waals surface area contributed by atoms with Gasteiger partial charge in [-0.3, -0.25) is 4.79 Å². The molecule has 0 spiro atoms. The number of carboxylic acids is 1. The van der Waals surface area contributed by atoms with Crippen LogP contribution in [0.1, 0.15) is 22.6 Å². The molecule has 1 aromatic rings. The van der Waals surface area contributed by atoms with Crippen molar-refractivity contribution in [3.63, 3.8) is 0 Å². The molecule has 1 aliphatic carbocycles. The lowest BCUT2D eigenvalue weighted by Gasteiger charge is -2.12. The Morgan fingerprint density at radius 2 is 2.24 bits per heavy atom. The van der Waals surface area contributed by atoms with E-state index in [0.717, 1.165) is 18.0 Å². The first-order valence-corrected chi connectivity index (χ1v) is 7.73. The maximum Gasteiger partial charge on any atom is 0.308 e. The SMILES string of the molecule is CSC1(CNCc2ccc(CC(=O)O)s2)CC1. The molecule has 1 fully saturated rings. The molecule has 3 nitrogen and oxygen atoms in total. The third kappa shape index (κ3) is 3.72. The number of aliphatic carboxylic acids is 1. The molecule has 0 radical (unpaired) electrons. The maximum atomic E-state index is 10.6. The number of carbonyl (C=O) groups is 1. The van der Waals surface area contributed by atoms with Gasteiger partial charge in [0.1, 0.15) is 0 Å². The first-order chi connectivity index (χ1) is 8.13. The molecule has 1 saturated carbocycles. The van der Waals surface area contributed by atoms with E-state index in [-0.39, 0.29) is 6.42 Å². The fourth-order valence-electron chi connectivity index (χ4n) is 1.77. The number of thioether (sulfide) groups is 1. The normalized spacial score (nSPS) is 17.0. The van der Waals surface area contributed by atoms with Crippen LogP contribution < -0.4 is 5.32 Å². The first-order valence-electron chi connectivity index (χ1n) is 5.69. The number of nitrogens with one attached hydrogen (secondary N) is 1. The third-order valence-electron chi connectivity index (χ3n) is 3.03. The van der Waals surface area contributed by atoms with Gasteiger partial charge in [-0.2, -0.15) is 11.8 Å². The molecule has 0 aliphatic heterocycles. The Labute approximate surface area is 110 Å². The van der Waals surface area contributed by atoms with Crippen molar-refractivity contribution in [2.75, 3.05) is 12.8 Å². The molecule has 94 valence electrons. The van der Waals surface area contributed by atoms with Crippen molar-refractivity contribution in [2.45, 2.75) is 30.6 Å². The summed E-state index contributed by atoms with van der Waals surface area (Å²) < 4.78 is 0.487. The molecule has 1 heterocycles. The highest BCUT2D eigenvalue weighted by Crippen LogP contribution is 2.46. The van der Waals surface area contributed by atoms with E-state index < -0.39 is 5.97 Å². The van der Waals surface area contributed by atoms with E-state index in [2.05, 4.69) is 11.6 Å². The molecule has 0 atom stereocenters.